The maximum absolute atomic E-state index is 12.3. The number of rotatable bonds is 2. The Balaban J connectivity index is 1.98. The van der Waals surface area contributed by atoms with E-state index < -0.39 is 0 Å². The molecule has 0 bridgehead atoms. The summed E-state index contributed by atoms with van der Waals surface area (Å²) in [6, 6.07) is 2.73. The van der Waals surface area contributed by atoms with Crippen molar-refractivity contribution < 1.29 is 14.3 Å². The minimum atomic E-state index is -0.357. The molecule has 1 fully saturated rings. The van der Waals surface area contributed by atoms with Crippen LogP contribution >= 0.6 is 0 Å². The van der Waals surface area contributed by atoms with Crippen molar-refractivity contribution in [1.82, 2.24) is 19.6 Å². The molecule has 0 unspecified atom stereocenters. The van der Waals surface area contributed by atoms with Crippen LogP contribution in [0.15, 0.2) is 16.9 Å². The van der Waals surface area contributed by atoms with Crippen LogP contribution in [0.2, 0.25) is 0 Å². The summed E-state index contributed by atoms with van der Waals surface area (Å²) in [5, 5.41) is 3.94. The van der Waals surface area contributed by atoms with Crippen LogP contribution in [-0.4, -0.2) is 64.4 Å². The Kier molecular flexibility index (Phi) is 4.56. The van der Waals surface area contributed by atoms with E-state index in [9.17, 15) is 14.4 Å². The van der Waals surface area contributed by atoms with Crippen molar-refractivity contribution in [3.63, 3.8) is 0 Å². The van der Waals surface area contributed by atoms with E-state index in [1.807, 2.05) is 0 Å². The molecule has 1 aromatic heterocycles. The van der Waals surface area contributed by atoms with Gasteiger partial charge in [-0.2, -0.15) is 5.10 Å². The van der Waals surface area contributed by atoms with Crippen LogP contribution in [-0.2, 0) is 11.8 Å². The van der Waals surface area contributed by atoms with Crippen LogP contribution < -0.4 is 5.56 Å². The molecule has 0 saturated carbocycles. The van der Waals surface area contributed by atoms with Crippen LogP contribution in [0, 0.1) is 0 Å². The second-order valence-corrected chi connectivity index (χ2v) is 4.66. The average Bonchev–Trinajstić information content (AvgIpc) is 2.50. The minimum Gasteiger partial charge on any atom is -0.450 e. The Bertz CT molecular complexity index is 590. The molecular weight excluding hydrogens is 276 g/mol. The fourth-order valence-corrected chi connectivity index (χ4v) is 2.09. The average molecular weight is 294 g/mol. The molecule has 1 aliphatic heterocycles. The van der Waals surface area contributed by atoms with Gasteiger partial charge in [0, 0.05) is 39.3 Å². The van der Waals surface area contributed by atoms with Gasteiger partial charge >= 0.3 is 6.09 Å². The van der Waals surface area contributed by atoms with Gasteiger partial charge in [-0.3, -0.25) is 9.59 Å². The third kappa shape index (κ3) is 3.39. The number of carbonyl (C=O) groups excluding carboxylic acids is 2. The van der Waals surface area contributed by atoms with Gasteiger partial charge in [0.25, 0.3) is 11.5 Å². The summed E-state index contributed by atoms with van der Waals surface area (Å²) < 4.78 is 6.05. The van der Waals surface area contributed by atoms with Gasteiger partial charge in [0.15, 0.2) is 0 Å². The summed E-state index contributed by atoms with van der Waals surface area (Å²) in [4.78, 5) is 38.3. The Morgan fingerprint density at radius 1 is 1.19 bits per heavy atom. The topological polar surface area (TPSA) is 84.7 Å². The number of hydrogen-bond donors (Lipinski definition) is 0. The first-order valence-corrected chi connectivity index (χ1v) is 6.78. The maximum atomic E-state index is 12.3. The van der Waals surface area contributed by atoms with Crippen LogP contribution in [0.3, 0.4) is 0 Å². The molecule has 0 aromatic carbocycles. The number of nitrogens with zero attached hydrogens (tertiary/aromatic N) is 4. The van der Waals surface area contributed by atoms with E-state index in [4.69, 9.17) is 4.74 Å². The monoisotopic (exact) mass is 294 g/mol. The minimum absolute atomic E-state index is 0.224. The van der Waals surface area contributed by atoms with Crippen molar-refractivity contribution in [1.29, 1.82) is 0 Å². The molecule has 21 heavy (non-hydrogen) atoms. The number of ether oxygens (including phenoxy) is 1. The quantitative estimate of drug-likeness (QED) is 0.747. The third-order valence-electron chi connectivity index (χ3n) is 3.27. The zero-order valence-corrected chi connectivity index (χ0v) is 12.1. The molecule has 1 saturated heterocycles. The van der Waals surface area contributed by atoms with E-state index in [0.717, 1.165) is 4.68 Å². The summed E-state index contributed by atoms with van der Waals surface area (Å²) >= 11 is 0. The number of aryl methyl sites for hydroxylation is 1. The lowest BCUT2D eigenvalue weighted by atomic mass is 10.2. The number of aromatic nitrogens is 2. The van der Waals surface area contributed by atoms with Gasteiger partial charge < -0.3 is 14.5 Å². The lowest BCUT2D eigenvalue weighted by molar-refractivity contribution is 0.0564. The molecule has 8 heteroatoms. The molecule has 2 rings (SSSR count). The van der Waals surface area contributed by atoms with E-state index in [1.165, 1.54) is 19.2 Å². The molecular formula is C13H18N4O4. The highest BCUT2D eigenvalue weighted by Gasteiger charge is 2.26. The van der Waals surface area contributed by atoms with Gasteiger partial charge in [-0.15, -0.1) is 0 Å². The van der Waals surface area contributed by atoms with Gasteiger partial charge in [-0.1, -0.05) is 0 Å². The zero-order valence-electron chi connectivity index (χ0n) is 12.1. The fourth-order valence-electron chi connectivity index (χ4n) is 2.09. The number of carbonyl (C=O) groups is 2. The van der Waals surface area contributed by atoms with Crippen LogP contribution in [0.4, 0.5) is 4.79 Å². The standard InChI is InChI=1S/C13H18N4O4/c1-3-21-13(20)17-8-6-16(7-9-17)12(19)10-4-5-11(18)15(2)14-10/h4-5H,3,6-9H2,1-2H3. The molecule has 1 aliphatic rings. The number of piperazine rings is 1. The summed E-state index contributed by atoms with van der Waals surface area (Å²) in [5.41, 5.74) is -0.0413. The summed E-state index contributed by atoms with van der Waals surface area (Å²) in [6.07, 6.45) is -0.357. The highest BCUT2D eigenvalue weighted by Crippen LogP contribution is 2.07. The van der Waals surface area contributed by atoms with Crippen molar-refractivity contribution in [2.75, 3.05) is 32.8 Å². The SMILES string of the molecule is CCOC(=O)N1CCN(C(=O)c2ccc(=O)n(C)n2)CC1. The van der Waals surface area contributed by atoms with Crippen molar-refractivity contribution in [2.45, 2.75) is 6.92 Å². The summed E-state index contributed by atoms with van der Waals surface area (Å²) in [5.74, 6) is -0.242. The second kappa shape index (κ2) is 6.38. The van der Waals surface area contributed by atoms with Crippen molar-refractivity contribution in [3.8, 4) is 0 Å². The fraction of sp³-hybridized carbons (Fsp3) is 0.538. The van der Waals surface area contributed by atoms with Gasteiger partial charge in [-0.25, -0.2) is 9.48 Å². The van der Waals surface area contributed by atoms with Gasteiger partial charge in [-0.05, 0) is 13.0 Å². The molecule has 0 aliphatic carbocycles. The summed E-state index contributed by atoms with van der Waals surface area (Å²) in [7, 11) is 1.50. The lowest BCUT2D eigenvalue weighted by Gasteiger charge is -2.33. The Hall–Kier alpha value is -2.38. The third-order valence-corrected chi connectivity index (χ3v) is 3.27. The second-order valence-electron chi connectivity index (χ2n) is 4.66. The van der Waals surface area contributed by atoms with Crippen molar-refractivity contribution in [3.05, 3.63) is 28.2 Å². The Morgan fingerprint density at radius 2 is 1.81 bits per heavy atom. The van der Waals surface area contributed by atoms with Crippen LogP contribution in [0.25, 0.3) is 0 Å². The molecule has 0 atom stereocenters. The first-order chi connectivity index (χ1) is 10.0. The van der Waals surface area contributed by atoms with Crippen molar-refractivity contribution in [2.24, 2.45) is 7.05 Å². The zero-order chi connectivity index (χ0) is 15.4. The molecule has 0 spiro atoms. The molecule has 1 aromatic rings. The Morgan fingerprint density at radius 3 is 2.38 bits per heavy atom. The molecule has 0 radical (unpaired) electrons. The molecule has 2 heterocycles. The van der Waals surface area contributed by atoms with Gasteiger partial charge in [0.1, 0.15) is 5.69 Å². The lowest BCUT2D eigenvalue weighted by Crippen LogP contribution is -2.51. The molecule has 8 nitrogen and oxygen atoms in total. The van der Waals surface area contributed by atoms with E-state index in [2.05, 4.69) is 5.10 Å². The Labute approximate surface area is 121 Å². The molecule has 0 N–H and O–H groups in total. The van der Waals surface area contributed by atoms with Gasteiger partial charge in [0.05, 0.1) is 6.61 Å². The predicted molar refractivity (Wildman–Crippen MR) is 74.0 cm³/mol. The van der Waals surface area contributed by atoms with Crippen molar-refractivity contribution >= 4 is 12.0 Å². The first kappa shape index (κ1) is 15.0. The van der Waals surface area contributed by atoms with E-state index in [1.54, 1.807) is 16.7 Å². The summed E-state index contributed by atoms with van der Waals surface area (Å²) in [6.45, 7) is 3.78. The van der Waals surface area contributed by atoms with Gasteiger partial charge in [0.2, 0.25) is 0 Å². The number of amides is 2. The smallest absolute Gasteiger partial charge is 0.409 e. The van der Waals surface area contributed by atoms with E-state index in [0.29, 0.717) is 32.8 Å². The maximum Gasteiger partial charge on any atom is 0.409 e. The normalized spacial score (nSPS) is 15.0. The molecule has 2 amide bonds. The molecule has 114 valence electrons. The predicted octanol–water partition coefficient (Wildman–Crippen LogP) is -0.305. The highest BCUT2D eigenvalue weighted by molar-refractivity contribution is 5.92. The first-order valence-electron chi connectivity index (χ1n) is 6.78. The number of hydrogen-bond acceptors (Lipinski definition) is 5. The van der Waals surface area contributed by atoms with Crippen LogP contribution in [0.5, 0.6) is 0 Å². The largest absolute Gasteiger partial charge is 0.450 e. The van der Waals surface area contributed by atoms with E-state index in [-0.39, 0.29) is 23.3 Å². The van der Waals surface area contributed by atoms with Crippen LogP contribution in [0.1, 0.15) is 17.4 Å². The van der Waals surface area contributed by atoms with E-state index >= 15 is 0 Å². The highest BCUT2D eigenvalue weighted by atomic mass is 16.6.